The molecule has 0 radical (unpaired) electrons. The molecule has 0 aromatic heterocycles. The summed E-state index contributed by atoms with van der Waals surface area (Å²) < 4.78 is 26.7. The van der Waals surface area contributed by atoms with Gasteiger partial charge in [-0.1, -0.05) is 26.0 Å². The summed E-state index contributed by atoms with van der Waals surface area (Å²) in [6.45, 7) is 6.58. The summed E-state index contributed by atoms with van der Waals surface area (Å²) in [5.74, 6) is -6.17. The van der Waals surface area contributed by atoms with Crippen molar-refractivity contribution in [2.24, 2.45) is 11.7 Å². The van der Waals surface area contributed by atoms with Gasteiger partial charge in [-0.2, -0.15) is 0 Å². The zero-order valence-electron chi connectivity index (χ0n) is 38.1. The lowest BCUT2D eigenvalue weighted by atomic mass is 10.0. The molecule has 0 aliphatic carbocycles. The lowest BCUT2D eigenvalue weighted by molar-refractivity contribution is -0.142. The van der Waals surface area contributed by atoms with Crippen LogP contribution in [0, 0.1) is 5.92 Å². The predicted octanol–water partition coefficient (Wildman–Crippen LogP) is -1.00. The molecule has 1 aromatic carbocycles. The number of amides is 9. The molecule has 0 saturated carbocycles. The zero-order chi connectivity index (χ0) is 49.6. The smallest absolute Gasteiger partial charge is 0.312 e. The molecule has 9 N–H and O–H groups in total. The number of anilines is 1. The first kappa shape index (κ1) is 56.6. The molecule has 0 saturated heterocycles. The Kier molecular flexibility index (Phi) is 27.2. The van der Waals surface area contributed by atoms with Gasteiger partial charge in [0.05, 0.1) is 52.9 Å². The van der Waals surface area contributed by atoms with Gasteiger partial charge in [-0.05, 0) is 42.9 Å². The van der Waals surface area contributed by atoms with E-state index in [-0.39, 0.29) is 117 Å². The van der Waals surface area contributed by atoms with E-state index in [2.05, 4.69) is 31.9 Å². The Morgan fingerprint density at radius 2 is 1.24 bits per heavy atom. The Labute approximate surface area is 388 Å². The topological polar surface area (TPSA) is 339 Å². The highest BCUT2D eigenvalue weighted by molar-refractivity contribution is 6.13. The minimum atomic E-state index is -1.33. The second-order valence-corrected chi connectivity index (χ2v) is 15.2. The average molecular weight is 949 g/mol. The van der Waals surface area contributed by atoms with Crippen LogP contribution < -0.4 is 37.6 Å². The highest BCUT2D eigenvalue weighted by Gasteiger charge is 2.32. The number of carbonyl (C=O) groups excluding carboxylic acids is 9. The number of ether oxygens (including phenoxy) is 5. The normalized spacial score (nSPS) is 13.3. The molecule has 67 heavy (non-hydrogen) atoms. The van der Waals surface area contributed by atoms with Crippen LogP contribution in [0.3, 0.4) is 0 Å². The summed E-state index contributed by atoms with van der Waals surface area (Å²) >= 11 is 0. The van der Waals surface area contributed by atoms with Crippen LogP contribution in [0.5, 0.6) is 0 Å². The van der Waals surface area contributed by atoms with Gasteiger partial charge in [-0.25, -0.2) is 4.79 Å². The van der Waals surface area contributed by atoms with E-state index in [1.165, 1.54) is 6.92 Å². The number of nitrogens with one attached hydrogen (secondary N) is 6. The van der Waals surface area contributed by atoms with Crippen LogP contribution in [-0.2, 0) is 73.4 Å². The summed E-state index contributed by atoms with van der Waals surface area (Å²) in [6, 6.07) is 1.99. The fourth-order valence-electron chi connectivity index (χ4n) is 5.88. The standard InChI is InChI=1S/C43H64N8O16/c1-28(2)39(42(61)49-32(5-4-16-46-43(44)62)40(59)47-31-8-6-30(7-9-31)27-67-29(3)52)50-41(60)33(10-13-38(57)58)48-35(54)15-19-63-21-23-65-25-26-66-24-22-64-20-17-45-34(53)14-18-51-36(55)11-12-37(51)56/h6-9,11-12,28,32-33,39H,4-5,10,13-27H2,1-3H3,(H,45,53)(H,47,59)(H,48,54)(H,49,61)(H,50,60)(H,57,58)(H3,44,46,62)/t32-,33-,39-/m0/s1. The van der Waals surface area contributed by atoms with Crippen LogP contribution in [-0.4, -0.2) is 160 Å². The number of primary amides is 1. The molecular weight excluding hydrogens is 885 g/mol. The molecule has 24 nitrogen and oxygen atoms in total. The van der Waals surface area contributed by atoms with Crippen LogP contribution >= 0.6 is 0 Å². The monoisotopic (exact) mass is 948 g/mol. The number of hydrogen-bond acceptors (Lipinski definition) is 15. The number of benzene rings is 1. The molecule has 24 heteroatoms. The number of esters is 1. The third-order valence-electron chi connectivity index (χ3n) is 9.43. The van der Waals surface area contributed by atoms with Crippen LogP contribution in [0.15, 0.2) is 36.4 Å². The third kappa shape index (κ3) is 25.1. The zero-order valence-corrected chi connectivity index (χ0v) is 38.1. The molecule has 9 amide bonds. The molecule has 0 bridgehead atoms. The van der Waals surface area contributed by atoms with Gasteiger partial charge in [0.2, 0.25) is 29.5 Å². The van der Waals surface area contributed by atoms with Crippen molar-refractivity contribution in [2.45, 2.75) is 84.0 Å². The fraction of sp³-hybridized carbons (Fsp3) is 0.581. The maximum absolute atomic E-state index is 13.7. The van der Waals surface area contributed by atoms with Gasteiger partial charge < -0.3 is 66.4 Å². The lowest BCUT2D eigenvalue weighted by Crippen LogP contribution is -2.58. The highest BCUT2D eigenvalue weighted by atomic mass is 16.6. The second kappa shape index (κ2) is 32.2. The van der Waals surface area contributed by atoms with Crippen LogP contribution in [0.25, 0.3) is 0 Å². The molecule has 3 atom stereocenters. The van der Waals surface area contributed by atoms with Crippen molar-refractivity contribution in [1.82, 2.24) is 31.5 Å². The Morgan fingerprint density at radius 3 is 1.81 bits per heavy atom. The van der Waals surface area contributed by atoms with E-state index < -0.39 is 83.9 Å². The molecule has 1 heterocycles. The Morgan fingerprint density at radius 1 is 0.657 bits per heavy atom. The van der Waals surface area contributed by atoms with E-state index >= 15 is 0 Å². The molecule has 0 unspecified atom stereocenters. The summed E-state index contributed by atoms with van der Waals surface area (Å²) in [4.78, 5) is 123. The van der Waals surface area contributed by atoms with Crippen molar-refractivity contribution in [2.75, 3.05) is 77.8 Å². The fourth-order valence-corrected chi connectivity index (χ4v) is 5.88. The summed E-state index contributed by atoms with van der Waals surface area (Å²) in [6.07, 6.45) is 1.67. The van der Waals surface area contributed by atoms with Crippen LogP contribution in [0.2, 0.25) is 0 Å². The lowest BCUT2D eigenvalue weighted by Gasteiger charge is -2.27. The number of urea groups is 1. The molecule has 0 spiro atoms. The number of imide groups is 1. The van der Waals surface area contributed by atoms with Gasteiger partial charge in [0.1, 0.15) is 24.7 Å². The van der Waals surface area contributed by atoms with Crippen molar-refractivity contribution >= 4 is 65.0 Å². The van der Waals surface area contributed by atoms with Gasteiger partial charge in [0.25, 0.3) is 11.8 Å². The number of aliphatic carboxylic acids is 1. The van der Waals surface area contributed by atoms with E-state index in [1.807, 2.05) is 0 Å². The average Bonchev–Trinajstić information content (AvgIpc) is 3.60. The second-order valence-electron chi connectivity index (χ2n) is 15.2. The molecular formula is C43H64N8O16. The van der Waals surface area contributed by atoms with E-state index in [9.17, 15) is 53.1 Å². The summed E-state index contributed by atoms with van der Waals surface area (Å²) in [5.41, 5.74) is 6.20. The van der Waals surface area contributed by atoms with E-state index in [1.54, 1.807) is 38.1 Å². The van der Waals surface area contributed by atoms with E-state index in [0.29, 0.717) is 11.3 Å². The van der Waals surface area contributed by atoms with Crippen LogP contribution in [0.1, 0.15) is 64.9 Å². The van der Waals surface area contributed by atoms with Crippen molar-refractivity contribution in [3.05, 3.63) is 42.0 Å². The van der Waals surface area contributed by atoms with Gasteiger partial charge in [-0.3, -0.25) is 48.1 Å². The summed E-state index contributed by atoms with van der Waals surface area (Å²) in [7, 11) is 0. The van der Waals surface area contributed by atoms with Crippen LogP contribution in [0.4, 0.5) is 10.5 Å². The van der Waals surface area contributed by atoms with Gasteiger partial charge in [0.15, 0.2) is 0 Å². The van der Waals surface area contributed by atoms with Gasteiger partial charge in [-0.15, -0.1) is 0 Å². The van der Waals surface area contributed by atoms with Gasteiger partial charge in [0, 0.05) is 63.7 Å². The quantitative estimate of drug-likeness (QED) is 0.0230. The van der Waals surface area contributed by atoms with Crippen molar-refractivity contribution in [3.63, 3.8) is 0 Å². The van der Waals surface area contributed by atoms with Crippen molar-refractivity contribution < 1.29 is 76.7 Å². The third-order valence-corrected chi connectivity index (χ3v) is 9.43. The van der Waals surface area contributed by atoms with Crippen molar-refractivity contribution in [1.29, 1.82) is 0 Å². The molecule has 1 aliphatic rings. The SMILES string of the molecule is CC(=O)OCc1ccc(NC(=O)[C@H](CCCNC(N)=O)NC(=O)[C@@H](NC(=O)[C@H](CCC(=O)O)NC(=O)CCOCCOCCOCCOCCNC(=O)CCN2C(=O)C=CC2=O)C(C)C)cc1. The number of nitrogens with zero attached hydrogens (tertiary/aromatic N) is 1. The number of hydrogen-bond donors (Lipinski definition) is 8. The predicted molar refractivity (Wildman–Crippen MR) is 236 cm³/mol. The minimum Gasteiger partial charge on any atom is -0.481 e. The molecule has 372 valence electrons. The minimum absolute atomic E-state index is 0.00191. The van der Waals surface area contributed by atoms with E-state index in [4.69, 9.17) is 29.4 Å². The first-order valence-electron chi connectivity index (χ1n) is 21.8. The van der Waals surface area contributed by atoms with Gasteiger partial charge >= 0.3 is 18.0 Å². The summed E-state index contributed by atoms with van der Waals surface area (Å²) in [5, 5.41) is 24.8. The molecule has 1 aromatic rings. The number of rotatable bonds is 35. The molecule has 1 aliphatic heterocycles. The Balaban J connectivity index is 1.75. The Hall–Kier alpha value is -6.50. The number of carbonyl (C=O) groups is 10. The van der Waals surface area contributed by atoms with E-state index in [0.717, 1.165) is 17.1 Å². The molecule has 0 fully saturated rings. The maximum atomic E-state index is 13.7. The number of nitrogens with two attached hydrogens (primary N) is 1. The van der Waals surface area contributed by atoms with Crippen molar-refractivity contribution in [3.8, 4) is 0 Å². The number of carboxylic acid groups (broad SMARTS) is 1. The molecule has 2 rings (SSSR count). The first-order valence-corrected chi connectivity index (χ1v) is 21.8. The highest BCUT2D eigenvalue weighted by Crippen LogP contribution is 2.13. The maximum Gasteiger partial charge on any atom is 0.312 e. The largest absolute Gasteiger partial charge is 0.481 e. The Bertz CT molecular complexity index is 1830. The first-order chi connectivity index (χ1) is 32.0. The number of carboxylic acids is 1.